The van der Waals surface area contributed by atoms with Crippen molar-refractivity contribution >= 4 is 11.9 Å². The van der Waals surface area contributed by atoms with E-state index in [2.05, 4.69) is 6.58 Å². The minimum atomic E-state index is -0.952. The first-order valence-electron chi connectivity index (χ1n) is 15.0. The quantitative estimate of drug-likeness (QED) is 0.289. The molecule has 0 aromatic carbocycles. The normalized spacial score (nSPS) is 50.8. The Balaban J connectivity index is 1.37. The molecular formula is C31H46O11. The standard InChI is InChI=1S/C31H46O11/c1-16-11-29-15-30(16,39-8)10-9-19(29)31-13-17(12-28(2,27(33)42-31)24(31)20(29)25(32)38-7)40-26-23(37-6)22(36-5)21(35-4)18(41-26)14-34-3/h17-24,26H,1,9-15H2,2-8H3/t17-,18-,19-,20-,21-,22+,23-,24-,26-,28?,29+,30+,31-/m1/s1. The average molecular weight is 595 g/mol. The molecule has 2 heterocycles. The van der Waals surface area contributed by atoms with Gasteiger partial charge in [0.15, 0.2) is 6.29 Å². The Hall–Kier alpha value is -1.60. The molecule has 0 amide bonds. The van der Waals surface area contributed by atoms with Crippen molar-refractivity contribution in [2.24, 2.45) is 28.6 Å². The topological polar surface area (TPSA) is 117 Å². The van der Waals surface area contributed by atoms with Crippen LogP contribution in [0.1, 0.15) is 45.4 Å². The Bertz CT molecular complexity index is 1110. The monoisotopic (exact) mass is 594 g/mol. The summed E-state index contributed by atoms with van der Waals surface area (Å²) in [6, 6.07) is 0. The van der Waals surface area contributed by atoms with Gasteiger partial charge >= 0.3 is 11.9 Å². The van der Waals surface area contributed by atoms with Crippen LogP contribution in [0, 0.1) is 28.6 Å². The minimum absolute atomic E-state index is 0.0601. The highest BCUT2D eigenvalue weighted by molar-refractivity contribution is 5.85. The molecule has 2 aliphatic heterocycles. The molecule has 11 heteroatoms. The summed E-state index contributed by atoms with van der Waals surface area (Å²) in [5, 5.41) is 0. The summed E-state index contributed by atoms with van der Waals surface area (Å²) < 4.78 is 54.0. The van der Waals surface area contributed by atoms with Gasteiger partial charge in [0.05, 0.1) is 36.8 Å². The first-order chi connectivity index (χ1) is 20.0. The van der Waals surface area contributed by atoms with Crippen molar-refractivity contribution in [3.8, 4) is 0 Å². The first-order valence-corrected chi connectivity index (χ1v) is 15.0. The highest BCUT2D eigenvalue weighted by Crippen LogP contribution is 2.79. The molecule has 1 unspecified atom stereocenters. The summed E-state index contributed by atoms with van der Waals surface area (Å²) >= 11 is 0. The fourth-order valence-corrected chi connectivity index (χ4v) is 10.5. The largest absolute Gasteiger partial charge is 0.469 e. The number of methoxy groups -OCH3 is 6. The molecule has 2 saturated heterocycles. The second kappa shape index (κ2) is 10.5. The Kier molecular flexibility index (Phi) is 7.60. The van der Waals surface area contributed by atoms with Gasteiger partial charge in [0.2, 0.25) is 0 Å². The molecular weight excluding hydrogens is 548 g/mol. The number of hydrogen-bond donors (Lipinski definition) is 0. The molecule has 4 saturated carbocycles. The van der Waals surface area contributed by atoms with Crippen molar-refractivity contribution in [1.29, 1.82) is 0 Å². The van der Waals surface area contributed by atoms with E-state index < -0.39 is 64.8 Å². The molecule has 4 aliphatic carbocycles. The van der Waals surface area contributed by atoms with Gasteiger partial charge in [-0.15, -0.1) is 0 Å². The fourth-order valence-electron chi connectivity index (χ4n) is 10.5. The van der Waals surface area contributed by atoms with Crippen molar-refractivity contribution in [2.45, 2.75) is 93.5 Å². The lowest BCUT2D eigenvalue weighted by atomic mass is 9.59. The van der Waals surface area contributed by atoms with E-state index in [1.54, 1.807) is 35.5 Å². The summed E-state index contributed by atoms with van der Waals surface area (Å²) in [5.74, 6) is -1.48. The third-order valence-corrected chi connectivity index (χ3v) is 11.9. The molecule has 236 valence electrons. The summed E-state index contributed by atoms with van der Waals surface area (Å²) in [5.41, 5.74) is -1.76. The van der Waals surface area contributed by atoms with Gasteiger partial charge in [0.25, 0.3) is 0 Å². The second-order valence-electron chi connectivity index (χ2n) is 13.5. The van der Waals surface area contributed by atoms with Gasteiger partial charge in [0.1, 0.15) is 30.0 Å². The molecule has 13 atom stereocenters. The van der Waals surface area contributed by atoms with Gasteiger partial charge in [-0.3, -0.25) is 9.59 Å². The van der Waals surface area contributed by atoms with Gasteiger partial charge < -0.3 is 42.6 Å². The minimum Gasteiger partial charge on any atom is -0.469 e. The van der Waals surface area contributed by atoms with Crippen LogP contribution in [0.5, 0.6) is 0 Å². The lowest BCUT2D eigenvalue weighted by Gasteiger charge is -2.49. The van der Waals surface area contributed by atoms with Crippen LogP contribution >= 0.6 is 0 Å². The maximum absolute atomic E-state index is 13.8. The van der Waals surface area contributed by atoms with Crippen LogP contribution in [0.25, 0.3) is 0 Å². The van der Waals surface area contributed by atoms with Crippen LogP contribution in [0.2, 0.25) is 0 Å². The van der Waals surface area contributed by atoms with E-state index in [9.17, 15) is 9.59 Å². The molecule has 6 rings (SSSR count). The molecule has 1 spiro atoms. The summed E-state index contributed by atoms with van der Waals surface area (Å²) in [7, 11) is 9.56. The van der Waals surface area contributed by atoms with Crippen molar-refractivity contribution in [3.63, 3.8) is 0 Å². The highest BCUT2D eigenvalue weighted by atomic mass is 16.7. The van der Waals surface area contributed by atoms with Crippen LogP contribution in [0.4, 0.5) is 0 Å². The lowest BCUT2D eigenvalue weighted by Crippen LogP contribution is -2.62. The van der Waals surface area contributed by atoms with Crippen molar-refractivity contribution < 1.29 is 52.2 Å². The summed E-state index contributed by atoms with van der Waals surface area (Å²) in [6.45, 7) is 6.62. The SMILES string of the molecule is C=C1C[C@]23C[C@@]1(OC)CC[C@H]2[C@@]12C[C@H](O[C@@H]4O[C@H](COC)[C@@H](OC)[C@H](OC)[C@H]4OC)CC(C)(C(=O)O1)[C@H]2[C@@H]3C(=O)OC. The zero-order valence-electron chi connectivity index (χ0n) is 25.8. The van der Waals surface area contributed by atoms with Crippen LogP contribution < -0.4 is 0 Å². The Labute approximate surface area is 247 Å². The Morgan fingerprint density at radius 3 is 2.36 bits per heavy atom. The highest BCUT2D eigenvalue weighted by Gasteiger charge is 2.84. The third kappa shape index (κ3) is 3.83. The number of hydrogen-bond acceptors (Lipinski definition) is 11. The van der Waals surface area contributed by atoms with Gasteiger partial charge in [-0.25, -0.2) is 0 Å². The summed E-state index contributed by atoms with van der Waals surface area (Å²) in [6.07, 6.45) is 0.524. The van der Waals surface area contributed by atoms with E-state index in [4.69, 9.17) is 42.6 Å². The third-order valence-electron chi connectivity index (χ3n) is 11.9. The number of ether oxygens (including phenoxy) is 9. The molecule has 6 aliphatic rings. The van der Waals surface area contributed by atoms with Gasteiger partial charge in [-0.1, -0.05) is 6.58 Å². The van der Waals surface area contributed by atoms with Crippen molar-refractivity contribution in [2.75, 3.05) is 49.3 Å². The van der Waals surface area contributed by atoms with Crippen LogP contribution in [-0.2, 0) is 52.2 Å². The number of carbonyl (C=O) groups excluding carboxylic acids is 2. The van der Waals surface area contributed by atoms with Crippen LogP contribution in [-0.4, -0.2) is 109 Å². The number of esters is 2. The van der Waals surface area contributed by atoms with E-state index in [1.807, 2.05) is 6.92 Å². The van der Waals surface area contributed by atoms with Gasteiger partial charge in [0, 0.05) is 53.8 Å². The van der Waals surface area contributed by atoms with E-state index in [1.165, 1.54) is 7.11 Å². The summed E-state index contributed by atoms with van der Waals surface area (Å²) in [4.78, 5) is 27.5. The zero-order chi connectivity index (χ0) is 30.2. The van der Waals surface area contributed by atoms with Gasteiger partial charge in [-0.2, -0.15) is 0 Å². The van der Waals surface area contributed by atoms with E-state index >= 15 is 0 Å². The number of rotatable bonds is 9. The molecule has 11 nitrogen and oxygen atoms in total. The Morgan fingerprint density at radius 1 is 1.02 bits per heavy atom. The van der Waals surface area contributed by atoms with Crippen LogP contribution in [0.3, 0.4) is 0 Å². The predicted molar refractivity (Wildman–Crippen MR) is 146 cm³/mol. The number of fused-ring (bicyclic) bond motifs is 1. The van der Waals surface area contributed by atoms with Gasteiger partial charge in [-0.05, 0) is 50.0 Å². The Morgan fingerprint density at radius 2 is 1.74 bits per heavy atom. The van der Waals surface area contributed by atoms with Crippen molar-refractivity contribution in [3.05, 3.63) is 12.2 Å². The molecule has 0 aromatic heterocycles. The fraction of sp³-hybridized carbons (Fsp3) is 0.871. The van der Waals surface area contributed by atoms with Crippen molar-refractivity contribution in [1.82, 2.24) is 0 Å². The molecule has 0 radical (unpaired) electrons. The molecule has 0 N–H and O–H groups in total. The molecule has 0 aromatic rings. The number of carbonyl (C=O) groups is 2. The molecule has 42 heavy (non-hydrogen) atoms. The second-order valence-corrected chi connectivity index (χ2v) is 13.5. The smallest absolute Gasteiger partial charge is 0.312 e. The zero-order valence-corrected chi connectivity index (χ0v) is 25.8. The van der Waals surface area contributed by atoms with Crippen LogP contribution in [0.15, 0.2) is 12.2 Å². The maximum atomic E-state index is 13.8. The lowest BCUT2D eigenvalue weighted by molar-refractivity contribution is -0.328. The molecule has 4 bridgehead atoms. The van der Waals surface area contributed by atoms with E-state index in [-0.39, 0.29) is 30.4 Å². The maximum Gasteiger partial charge on any atom is 0.312 e. The first kappa shape index (κ1) is 30.4. The van der Waals surface area contributed by atoms with E-state index in [0.29, 0.717) is 25.7 Å². The van der Waals surface area contributed by atoms with E-state index in [0.717, 1.165) is 18.4 Å². The average Bonchev–Trinajstić information content (AvgIpc) is 3.40. The predicted octanol–water partition coefficient (Wildman–Crippen LogP) is 2.43. The molecule has 6 fully saturated rings.